The van der Waals surface area contributed by atoms with Crippen molar-refractivity contribution in [1.82, 2.24) is 5.27 Å². The second-order valence-electron chi connectivity index (χ2n) is 4.70. The zero-order valence-electron chi connectivity index (χ0n) is 12.7. The molecule has 7 heteroatoms. The maximum atomic E-state index is 11.7. The van der Waals surface area contributed by atoms with Crippen LogP contribution < -0.4 is 14.5 Å². The van der Waals surface area contributed by atoms with E-state index in [4.69, 9.17) is 9.26 Å². The van der Waals surface area contributed by atoms with E-state index in [1.807, 2.05) is 24.3 Å². The number of aromatic nitrogens is 2. The highest BCUT2D eigenvalue weighted by atomic mass is 16.5. The molecule has 0 aliphatic heterocycles. The highest BCUT2D eigenvalue weighted by Gasteiger charge is 2.28. The molecular formula is C15H17N3O4. The van der Waals surface area contributed by atoms with Gasteiger partial charge in [-0.15, -0.1) is 0 Å². The summed E-state index contributed by atoms with van der Waals surface area (Å²) in [7, 11) is 1.60. The third-order valence-corrected chi connectivity index (χ3v) is 3.06. The lowest BCUT2D eigenvalue weighted by Crippen LogP contribution is -2.41. The van der Waals surface area contributed by atoms with Crippen LogP contribution in [0.3, 0.4) is 0 Å². The monoisotopic (exact) mass is 303 g/mol. The lowest BCUT2D eigenvalue weighted by atomic mass is 10.1. The second kappa shape index (κ2) is 6.84. The largest absolute Gasteiger partial charge is 0.862 e. The van der Waals surface area contributed by atoms with Crippen LogP contribution in [0.1, 0.15) is 29.9 Å². The van der Waals surface area contributed by atoms with Gasteiger partial charge in [0.15, 0.2) is 6.54 Å². The molecule has 0 amide bonds. The number of benzene rings is 1. The Bertz CT molecular complexity index is 703. The first kappa shape index (κ1) is 15.7. The van der Waals surface area contributed by atoms with Gasteiger partial charge in [-0.3, -0.25) is 9.32 Å². The summed E-state index contributed by atoms with van der Waals surface area (Å²) >= 11 is 0. The lowest BCUT2D eigenvalue weighted by molar-refractivity contribution is -0.763. The molecule has 0 atom stereocenters. The molecule has 1 aromatic carbocycles. The summed E-state index contributed by atoms with van der Waals surface area (Å²) in [5.41, 5.74) is 1.17. The van der Waals surface area contributed by atoms with Crippen LogP contribution in [0.25, 0.3) is 0 Å². The van der Waals surface area contributed by atoms with Crippen molar-refractivity contribution in [2.45, 2.75) is 26.8 Å². The molecule has 116 valence electrons. The molecule has 7 nitrogen and oxygen atoms in total. The zero-order valence-corrected chi connectivity index (χ0v) is 12.7. The van der Waals surface area contributed by atoms with Crippen molar-refractivity contribution in [2.24, 2.45) is 4.99 Å². The van der Waals surface area contributed by atoms with E-state index in [1.165, 1.54) is 18.5 Å². The normalized spacial score (nSPS) is 11.5. The molecule has 0 fully saturated rings. The molecule has 0 aliphatic carbocycles. The van der Waals surface area contributed by atoms with Crippen LogP contribution in [0.15, 0.2) is 33.8 Å². The Morgan fingerprint density at radius 2 is 2.14 bits per heavy atom. The van der Waals surface area contributed by atoms with E-state index >= 15 is 0 Å². The van der Waals surface area contributed by atoms with E-state index in [1.54, 1.807) is 7.11 Å². The van der Waals surface area contributed by atoms with Crippen LogP contribution in [0.5, 0.6) is 5.75 Å². The number of ether oxygens (including phenoxy) is 1. The number of methoxy groups -OCH3 is 1. The van der Waals surface area contributed by atoms with Crippen molar-refractivity contribution in [2.75, 3.05) is 7.11 Å². The number of para-hydroxylation sites is 1. The molecule has 0 radical (unpaired) electrons. The first-order valence-corrected chi connectivity index (χ1v) is 6.78. The molecule has 0 N–H and O–H groups in total. The molecule has 2 rings (SSSR count). The SMILES string of the molecule is COc1ccccc1CC[n+]1noc(/N=C(\C)[O-])c1C(C)=O. The number of hydrogen-bond donors (Lipinski definition) is 0. The topological polar surface area (TPSA) is 91.6 Å². The Balaban J connectivity index is 2.25. The molecule has 0 saturated carbocycles. The van der Waals surface area contributed by atoms with Crippen molar-refractivity contribution < 1.29 is 23.8 Å². The lowest BCUT2D eigenvalue weighted by Gasteiger charge is -2.05. The van der Waals surface area contributed by atoms with Crippen LogP contribution >= 0.6 is 0 Å². The summed E-state index contributed by atoms with van der Waals surface area (Å²) in [6.45, 7) is 3.07. The smallest absolute Gasteiger partial charge is 0.342 e. The van der Waals surface area contributed by atoms with Gasteiger partial charge in [0.05, 0.1) is 7.11 Å². The predicted octanol–water partition coefficient (Wildman–Crippen LogP) is 0.826. The number of Topliss-reactive ketones (excluding diaryl/α,β-unsaturated/α-hetero) is 1. The van der Waals surface area contributed by atoms with E-state index in [0.717, 1.165) is 11.3 Å². The summed E-state index contributed by atoms with van der Waals surface area (Å²) in [5.74, 6) is 0.00134. The maximum Gasteiger partial charge on any atom is 0.342 e. The Morgan fingerprint density at radius 3 is 2.77 bits per heavy atom. The molecule has 22 heavy (non-hydrogen) atoms. The number of carbonyl (C=O) groups is 1. The molecule has 0 unspecified atom stereocenters. The van der Waals surface area contributed by atoms with E-state index in [9.17, 15) is 9.90 Å². The minimum absolute atomic E-state index is 0.0555. The molecule has 0 bridgehead atoms. The van der Waals surface area contributed by atoms with Crippen molar-refractivity contribution in [3.8, 4) is 5.75 Å². The maximum absolute atomic E-state index is 11.7. The standard InChI is InChI=1S/C15H17N3O4/c1-10(19)14-15(16-11(2)20)22-17-18(14)9-8-12-6-4-5-7-13(12)21-3/h4-7H,8-9H2,1-3H3. The summed E-state index contributed by atoms with van der Waals surface area (Å²) < 4.78 is 11.7. The average Bonchev–Trinajstić information content (AvgIpc) is 2.87. The third-order valence-electron chi connectivity index (χ3n) is 3.06. The Morgan fingerprint density at radius 1 is 1.41 bits per heavy atom. The molecule has 1 heterocycles. The van der Waals surface area contributed by atoms with Gasteiger partial charge in [-0.25, -0.2) is 4.99 Å². The number of ketones is 1. The van der Waals surface area contributed by atoms with E-state index in [0.29, 0.717) is 13.0 Å². The number of aryl methyl sites for hydroxylation is 2. The number of aliphatic imine (C=N–C) groups is 1. The van der Waals surface area contributed by atoms with Gasteiger partial charge in [0, 0.05) is 18.9 Å². The molecular weight excluding hydrogens is 286 g/mol. The van der Waals surface area contributed by atoms with Gasteiger partial charge in [0.1, 0.15) is 5.75 Å². The summed E-state index contributed by atoms with van der Waals surface area (Å²) in [5, 5.41) is 14.9. The Labute approximate surface area is 127 Å². The molecule has 0 aliphatic rings. The summed E-state index contributed by atoms with van der Waals surface area (Å²) in [6, 6.07) is 7.60. The fraction of sp³-hybridized carbons (Fsp3) is 0.333. The van der Waals surface area contributed by atoms with Gasteiger partial charge in [-0.05, 0) is 23.6 Å². The van der Waals surface area contributed by atoms with Gasteiger partial charge >= 0.3 is 11.6 Å². The molecule has 1 aromatic heterocycles. The predicted molar refractivity (Wildman–Crippen MR) is 76.2 cm³/mol. The van der Waals surface area contributed by atoms with Crippen LogP contribution in [0.4, 0.5) is 5.88 Å². The van der Waals surface area contributed by atoms with Gasteiger partial charge in [0.2, 0.25) is 11.1 Å². The van der Waals surface area contributed by atoms with Crippen LogP contribution in [-0.2, 0) is 13.0 Å². The number of nitrogens with zero attached hydrogens (tertiary/aromatic N) is 3. The van der Waals surface area contributed by atoms with E-state index in [-0.39, 0.29) is 17.4 Å². The average molecular weight is 303 g/mol. The van der Waals surface area contributed by atoms with Crippen molar-refractivity contribution in [1.29, 1.82) is 0 Å². The van der Waals surface area contributed by atoms with Crippen molar-refractivity contribution in [3.63, 3.8) is 0 Å². The van der Waals surface area contributed by atoms with Crippen molar-refractivity contribution >= 4 is 17.6 Å². The Kier molecular flexibility index (Phi) is 4.88. The van der Waals surface area contributed by atoms with E-state index in [2.05, 4.69) is 10.3 Å². The second-order valence-corrected chi connectivity index (χ2v) is 4.70. The fourth-order valence-electron chi connectivity index (χ4n) is 2.12. The minimum Gasteiger partial charge on any atom is -0.862 e. The molecule has 2 aromatic rings. The summed E-state index contributed by atoms with van der Waals surface area (Å²) in [4.78, 5) is 15.4. The highest BCUT2D eigenvalue weighted by Crippen LogP contribution is 2.19. The molecule has 0 spiro atoms. The molecule has 0 saturated heterocycles. The van der Waals surface area contributed by atoms with Crippen LogP contribution in [0.2, 0.25) is 0 Å². The minimum atomic E-state index is -0.449. The van der Waals surface area contributed by atoms with Gasteiger partial charge in [-0.2, -0.15) is 0 Å². The third kappa shape index (κ3) is 3.49. The number of hydrogen-bond acceptors (Lipinski definition) is 6. The quantitative estimate of drug-likeness (QED) is 0.341. The summed E-state index contributed by atoms with van der Waals surface area (Å²) in [6.07, 6.45) is 0.598. The van der Waals surface area contributed by atoms with Gasteiger partial charge in [0.25, 0.3) is 0 Å². The van der Waals surface area contributed by atoms with E-state index < -0.39 is 5.90 Å². The fourth-order valence-corrected chi connectivity index (χ4v) is 2.12. The van der Waals surface area contributed by atoms with Crippen molar-refractivity contribution in [3.05, 3.63) is 35.5 Å². The van der Waals surface area contributed by atoms with Gasteiger partial charge in [-0.1, -0.05) is 18.2 Å². The highest BCUT2D eigenvalue weighted by molar-refractivity contribution is 5.94. The first-order valence-electron chi connectivity index (χ1n) is 6.78. The van der Waals surface area contributed by atoms with Crippen LogP contribution in [-0.4, -0.2) is 24.1 Å². The number of rotatable bonds is 6. The Hall–Kier alpha value is -2.70. The van der Waals surface area contributed by atoms with Crippen LogP contribution in [0, 0.1) is 0 Å². The van der Waals surface area contributed by atoms with Gasteiger partial charge < -0.3 is 9.84 Å². The number of carbonyl (C=O) groups excluding carboxylic acids is 1. The zero-order chi connectivity index (χ0) is 16.1. The first-order chi connectivity index (χ1) is 10.5.